The summed E-state index contributed by atoms with van der Waals surface area (Å²) in [6.07, 6.45) is -1.07. The first-order valence-corrected chi connectivity index (χ1v) is 27.5. The Labute approximate surface area is 455 Å². The van der Waals surface area contributed by atoms with Crippen molar-refractivity contribution in [1.82, 2.24) is 39.4 Å². The molecule has 0 bridgehead atoms. The van der Waals surface area contributed by atoms with E-state index < -0.39 is 35.5 Å². The molecule has 4 N–H and O–H groups in total. The number of rotatable bonds is 12. The highest BCUT2D eigenvalue weighted by Gasteiger charge is 2.43. The van der Waals surface area contributed by atoms with E-state index in [1.807, 2.05) is 91.8 Å². The maximum Gasteiger partial charge on any atom is 0.419 e. The zero-order valence-electron chi connectivity index (χ0n) is 45.1. The topological polar surface area (TPSA) is 157 Å². The van der Waals surface area contributed by atoms with Gasteiger partial charge in [0.2, 0.25) is 0 Å². The Morgan fingerprint density at radius 3 is 1.29 bits per heavy atom. The van der Waals surface area contributed by atoms with Crippen LogP contribution in [0, 0.1) is 13.8 Å². The third-order valence-electron chi connectivity index (χ3n) is 15.3. The fraction of sp³-hybridized carbons (Fsp3) is 0.475. The number of aromatic nitrogens is 2. The Morgan fingerprint density at radius 2 is 0.934 bits per heavy atom. The van der Waals surface area contributed by atoms with Gasteiger partial charge < -0.3 is 19.7 Å². The van der Waals surface area contributed by atoms with Gasteiger partial charge in [-0.25, -0.2) is 18.7 Å². The average Bonchev–Trinajstić information content (AvgIpc) is 4.35. The fourth-order valence-corrected chi connectivity index (χ4v) is 12.2. The number of Topliss-reactive ketones (excluding diaryl/α,β-unsaturated/α-hetero) is 1. The SMILES string of the molecule is Cc1cc(-c2cc3cc(CN4CCN(CCO)CC4)ccc3n2C(=O)OC(C)(C)C)c2c(c1Cl)CNC2C(=O)C1NCc2c(Cl)c(C)cc(-c3cc4cc(CN5CCN(CCO)CC5)ccc4n3C(=O)OC(C)(C)C)c21. The van der Waals surface area contributed by atoms with E-state index in [9.17, 15) is 19.8 Å². The molecule has 0 amide bonds. The number of aliphatic hydroxyl groups is 2. The number of fused-ring (bicyclic) bond motifs is 4. The van der Waals surface area contributed by atoms with E-state index in [2.05, 4.69) is 54.5 Å². The van der Waals surface area contributed by atoms with Crippen LogP contribution in [-0.2, 0) is 40.4 Å². The van der Waals surface area contributed by atoms with Crippen LogP contribution in [-0.4, -0.2) is 147 Å². The summed E-state index contributed by atoms with van der Waals surface area (Å²) in [6, 6.07) is 18.6. The van der Waals surface area contributed by atoms with E-state index in [-0.39, 0.29) is 19.0 Å². The molecule has 4 aliphatic heterocycles. The van der Waals surface area contributed by atoms with Crippen molar-refractivity contribution >= 4 is 63.0 Å². The highest BCUT2D eigenvalue weighted by atomic mass is 35.5. The highest BCUT2D eigenvalue weighted by molar-refractivity contribution is 6.33. The van der Waals surface area contributed by atoms with E-state index in [1.165, 1.54) is 0 Å². The second-order valence-corrected chi connectivity index (χ2v) is 23.8. The number of benzene rings is 4. The van der Waals surface area contributed by atoms with E-state index >= 15 is 4.79 Å². The van der Waals surface area contributed by atoms with Gasteiger partial charge in [0, 0.05) is 124 Å². The van der Waals surface area contributed by atoms with Crippen molar-refractivity contribution < 1.29 is 34.1 Å². The number of aliphatic hydroxyl groups excluding tert-OH is 2. The van der Waals surface area contributed by atoms with Gasteiger partial charge in [-0.1, -0.05) is 35.3 Å². The smallest absolute Gasteiger partial charge is 0.419 e. The number of piperazine rings is 2. The molecule has 2 atom stereocenters. The van der Waals surface area contributed by atoms with Gasteiger partial charge in [0.25, 0.3) is 0 Å². The van der Waals surface area contributed by atoms with Crippen LogP contribution in [0.15, 0.2) is 60.7 Å². The number of halogens is 2. The van der Waals surface area contributed by atoms with Gasteiger partial charge in [-0.2, -0.15) is 0 Å². The van der Waals surface area contributed by atoms with Gasteiger partial charge in [-0.05, 0) is 148 Å². The van der Waals surface area contributed by atoms with E-state index in [4.69, 9.17) is 32.7 Å². The van der Waals surface area contributed by atoms with E-state index in [0.29, 0.717) is 80.9 Å². The molecular formula is C59H72Cl2N8O7. The Bertz CT molecular complexity index is 3020. The second kappa shape index (κ2) is 21.6. The number of nitrogens with one attached hydrogen (secondary N) is 2. The quantitative estimate of drug-likeness (QED) is 0.0921. The first-order valence-electron chi connectivity index (χ1n) is 26.7. The molecule has 4 aromatic carbocycles. The molecule has 404 valence electrons. The third kappa shape index (κ3) is 10.9. The lowest BCUT2D eigenvalue weighted by Gasteiger charge is -2.34. The van der Waals surface area contributed by atoms with Crippen molar-refractivity contribution in [2.45, 2.75) is 105 Å². The zero-order chi connectivity index (χ0) is 54.0. The number of hydrogen-bond acceptors (Lipinski definition) is 13. The molecule has 4 aliphatic rings. The molecule has 0 spiro atoms. The molecule has 17 heteroatoms. The molecule has 15 nitrogen and oxygen atoms in total. The monoisotopic (exact) mass is 1070 g/mol. The summed E-state index contributed by atoms with van der Waals surface area (Å²) in [5, 5.41) is 28.9. The second-order valence-electron chi connectivity index (χ2n) is 23.1. The number of nitrogens with zero attached hydrogens (tertiary/aromatic N) is 6. The normalized spacial score (nSPS) is 18.9. The van der Waals surface area contributed by atoms with Crippen LogP contribution in [0.1, 0.15) is 98.1 Å². The summed E-state index contributed by atoms with van der Waals surface area (Å²) in [5.41, 5.74) is 9.09. The summed E-state index contributed by atoms with van der Waals surface area (Å²) in [5.74, 6) is -0.164. The Morgan fingerprint density at radius 1 is 0.566 bits per heavy atom. The molecule has 2 unspecified atom stereocenters. The first kappa shape index (κ1) is 54.2. The molecule has 6 heterocycles. The average molecular weight is 1080 g/mol. The van der Waals surface area contributed by atoms with Gasteiger partial charge >= 0.3 is 12.2 Å². The molecule has 2 aromatic heterocycles. The summed E-state index contributed by atoms with van der Waals surface area (Å²) >= 11 is 14.4. The van der Waals surface area contributed by atoms with Crippen LogP contribution < -0.4 is 10.6 Å². The first-order chi connectivity index (χ1) is 36.2. The molecular weight excluding hydrogens is 1000 g/mol. The number of hydrogen-bond donors (Lipinski definition) is 4. The van der Waals surface area contributed by atoms with Crippen molar-refractivity contribution in [2.24, 2.45) is 0 Å². The van der Waals surface area contributed by atoms with Crippen LogP contribution >= 0.6 is 23.2 Å². The maximum atomic E-state index is 15.8. The molecule has 0 aliphatic carbocycles. The third-order valence-corrected chi connectivity index (χ3v) is 16.3. The van der Waals surface area contributed by atoms with Gasteiger partial charge in [-0.15, -0.1) is 0 Å². The number of ether oxygens (including phenoxy) is 2. The summed E-state index contributed by atoms with van der Waals surface area (Å²) < 4.78 is 15.5. The molecule has 2 fully saturated rings. The van der Waals surface area contributed by atoms with Crippen molar-refractivity contribution in [1.29, 1.82) is 0 Å². The summed E-state index contributed by atoms with van der Waals surface area (Å²) in [6.45, 7) is 25.8. The molecule has 6 aromatic rings. The zero-order valence-corrected chi connectivity index (χ0v) is 46.6. The Balaban J connectivity index is 1.05. The summed E-state index contributed by atoms with van der Waals surface area (Å²) in [4.78, 5) is 54.3. The molecule has 0 radical (unpaired) electrons. The number of carbonyl (C=O) groups is 3. The fourth-order valence-electron chi connectivity index (χ4n) is 11.7. The lowest BCUT2D eigenvalue weighted by molar-refractivity contribution is -0.123. The predicted octanol–water partition coefficient (Wildman–Crippen LogP) is 9.20. The van der Waals surface area contributed by atoms with Crippen molar-refractivity contribution in [3.8, 4) is 22.5 Å². The number of carbonyl (C=O) groups excluding carboxylic acids is 3. The lowest BCUT2D eigenvalue weighted by Crippen LogP contribution is -2.46. The van der Waals surface area contributed by atoms with E-state index in [0.717, 1.165) is 110 Å². The van der Waals surface area contributed by atoms with Gasteiger partial charge in [0.05, 0.1) is 47.7 Å². The highest BCUT2D eigenvalue weighted by Crippen LogP contribution is 2.48. The minimum atomic E-state index is -0.866. The van der Waals surface area contributed by atoms with Crippen LogP contribution in [0.5, 0.6) is 0 Å². The number of β-amino-alcohol motifs (C(OH)–C–C–N with tert-alkyl or cyclic N) is 2. The minimum absolute atomic E-state index is 0.148. The predicted molar refractivity (Wildman–Crippen MR) is 299 cm³/mol. The molecule has 2 saturated heterocycles. The number of ketones is 1. The Kier molecular flexibility index (Phi) is 15.4. The van der Waals surface area contributed by atoms with Gasteiger partial charge in [-0.3, -0.25) is 35.0 Å². The molecule has 10 rings (SSSR count). The summed E-state index contributed by atoms with van der Waals surface area (Å²) in [7, 11) is 0. The van der Waals surface area contributed by atoms with Gasteiger partial charge in [0.1, 0.15) is 11.2 Å². The van der Waals surface area contributed by atoms with E-state index in [1.54, 1.807) is 9.13 Å². The Hall–Kier alpha value is -5.17. The van der Waals surface area contributed by atoms with Crippen molar-refractivity contribution in [3.63, 3.8) is 0 Å². The lowest BCUT2D eigenvalue weighted by atomic mass is 9.86. The largest absolute Gasteiger partial charge is 0.443 e. The maximum absolute atomic E-state index is 15.8. The van der Waals surface area contributed by atoms with Crippen molar-refractivity contribution in [3.05, 3.63) is 115 Å². The van der Waals surface area contributed by atoms with Crippen LogP contribution in [0.3, 0.4) is 0 Å². The van der Waals surface area contributed by atoms with Gasteiger partial charge in [0.15, 0.2) is 5.78 Å². The minimum Gasteiger partial charge on any atom is -0.443 e. The standard InChI is InChI=1S/C59H72Cl2N8O7/c1-35-25-41(47-29-39-27-37(33-66-17-13-64(14-18-66)21-23-70)9-11-45(39)68(47)56(73)75-58(3,4)5)49-43(51(35)60)31-62-53(49)55(72)54-50-42(26-36(2)52(61)44(50)32-63-54)48-30-40-28-38(34-67-19-15-65(16-20-67)22-24-71)10-12-46(40)69(48)57(74)76-59(6,7)8/h9-12,25-30,53-54,62-63,70-71H,13-24,31-34H2,1-8H3. The van der Waals surface area contributed by atoms with Crippen LogP contribution in [0.2, 0.25) is 10.0 Å². The molecule has 0 saturated carbocycles. The molecule has 76 heavy (non-hydrogen) atoms. The van der Waals surface area contributed by atoms with Crippen LogP contribution in [0.4, 0.5) is 9.59 Å². The number of aryl methyl sites for hydroxylation is 2. The van der Waals surface area contributed by atoms with Crippen molar-refractivity contribution in [2.75, 3.05) is 78.7 Å². The van der Waals surface area contributed by atoms with Crippen LogP contribution in [0.25, 0.3) is 44.3 Å².